The van der Waals surface area contributed by atoms with Gasteiger partial charge in [-0.1, -0.05) is 30.3 Å². The number of fused-ring (bicyclic) bond motifs is 2. The average molecular weight is 380 g/mol. The maximum absolute atomic E-state index is 12.7. The minimum atomic E-state index is -0.0909. The Labute approximate surface area is 164 Å². The van der Waals surface area contributed by atoms with E-state index in [1.807, 2.05) is 24.3 Å². The Kier molecular flexibility index (Phi) is 5.48. The summed E-state index contributed by atoms with van der Waals surface area (Å²) < 4.78 is 0. The Bertz CT molecular complexity index is 917. The normalized spacial score (nSPS) is 14.3. The van der Waals surface area contributed by atoms with Crippen LogP contribution in [0.25, 0.3) is 11.0 Å². The third-order valence-electron chi connectivity index (χ3n) is 5.21. The number of aromatic nitrogens is 2. The van der Waals surface area contributed by atoms with E-state index in [2.05, 4.69) is 34.8 Å². The first-order valence-electron chi connectivity index (χ1n) is 9.56. The molecule has 0 saturated carbocycles. The fraction of sp³-hybridized carbons (Fsp3) is 0.364. The SMILES string of the molecule is CSCCC(NC(=O)Cc1ccc2c(c1)CCC2)c1nc2ccccc2[nH]1. The second-order valence-electron chi connectivity index (χ2n) is 7.17. The number of benzene rings is 2. The van der Waals surface area contributed by atoms with Crippen LogP contribution in [0.15, 0.2) is 42.5 Å². The third-order valence-corrected chi connectivity index (χ3v) is 5.86. The minimum Gasteiger partial charge on any atom is -0.346 e. The standard InChI is InChI=1S/C22H25N3OS/c1-27-12-11-20(22-24-18-7-2-3-8-19(18)25-22)23-21(26)14-15-9-10-16-5-4-6-17(16)13-15/h2-3,7-10,13,20H,4-6,11-12,14H2,1H3,(H,23,26)(H,24,25). The van der Waals surface area contributed by atoms with Crippen LogP contribution in [0.2, 0.25) is 0 Å². The van der Waals surface area contributed by atoms with Crippen LogP contribution in [0.5, 0.6) is 0 Å². The molecule has 4 rings (SSSR count). The summed E-state index contributed by atoms with van der Waals surface area (Å²) in [5.41, 5.74) is 5.90. The Balaban J connectivity index is 1.48. The lowest BCUT2D eigenvalue weighted by atomic mass is 10.0. The summed E-state index contributed by atoms with van der Waals surface area (Å²) in [7, 11) is 0. The van der Waals surface area contributed by atoms with Crippen molar-refractivity contribution in [2.75, 3.05) is 12.0 Å². The number of thioether (sulfide) groups is 1. The largest absolute Gasteiger partial charge is 0.346 e. The first-order chi connectivity index (χ1) is 13.2. The van der Waals surface area contributed by atoms with E-state index in [4.69, 9.17) is 4.98 Å². The fourth-order valence-corrected chi connectivity index (χ4v) is 4.29. The summed E-state index contributed by atoms with van der Waals surface area (Å²) in [5, 5.41) is 3.20. The molecule has 1 unspecified atom stereocenters. The first-order valence-corrected chi connectivity index (χ1v) is 11.0. The molecule has 0 bridgehead atoms. The van der Waals surface area contributed by atoms with Crippen molar-refractivity contribution in [2.45, 2.75) is 38.1 Å². The van der Waals surface area contributed by atoms with Gasteiger partial charge in [0.1, 0.15) is 5.82 Å². The van der Waals surface area contributed by atoms with Crippen molar-refractivity contribution in [1.29, 1.82) is 0 Å². The number of nitrogens with one attached hydrogen (secondary N) is 2. The van der Waals surface area contributed by atoms with Gasteiger partial charge in [0.2, 0.25) is 5.91 Å². The molecule has 0 saturated heterocycles. The zero-order chi connectivity index (χ0) is 18.6. The van der Waals surface area contributed by atoms with Gasteiger partial charge in [-0.15, -0.1) is 0 Å². The number of amides is 1. The van der Waals surface area contributed by atoms with Crippen LogP contribution in [-0.4, -0.2) is 27.9 Å². The van der Waals surface area contributed by atoms with Crippen molar-refractivity contribution in [2.24, 2.45) is 0 Å². The second-order valence-corrected chi connectivity index (χ2v) is 8.16. The smallest absolute Gasteiger partial charge is 0.225 e. The number of aromatic amines is 1. The van der Waals surface area contributed by atoms with Crippen LogP contribution in [0.3, 0.4) is 0 Å². The highest BCUT2D eigenvalue weighted by Gasteiger charge is 2.19. The number of hydrogen-bond donors (Lipinski definition) is 2. The van der Waals surface area contributed by atoms with Crippen molar-refractivity contribution in [3.63, 3.8) is 0 Å². The van der Waals surface area contributed by atoms with Crippen LogP contribution in [0.1, 0.15) is 41.4 Å². The minimum absolute atomic E-state index is 0.0551. The maximum atomic E-state index is 12.7. The van der Waals surface area contributed by atoms with E-state index in [0.29, 0.717) is 6.42 Å². The summed E-state index contributed by atoms with van der Waals surface area (Å²) in [6.45, 7) is 0. The molecule has 1 aliphatic rings. The lowest BCUT2D eigenvalue weighted by Crippen LogP contribution is -2.31. The van der Waals surface area contributed by atoms with Gasteiger partial charge in [-0.2, -0.15) is 11.8 Å². The molecule has 0 spiro atoms. The van der Waals surface area contributed by atoms with Crippen LogP contribution in [0, 0.1) is 0 Å². The van der Waals surface area contributed by atoms with Crippen molar-refractivity contribution < 1.29 is 4.79 Å². The maximum Gasteiger partial charge on any atom is 0.225 e. The van der Waals surface area contributed by atoms with E-state index in [1.165, 1.54) is 24.0 Å². The lowest BCUT2D eigenvalue weighted by Gasteiger charge is -2.16. The topological polar surface area (TPSA) is 57.8 Å². The van der Waals surface area contributed by atoms with Gasteiger partial charge in [-0.05, 0) is 66.5 Å². The molecule has 3 aromatic rings. The first kappa shape index (κ1) is 18.1. The molecule has 1 heterocycles. The summed E-state index contributed by atoms with van der Waals surface area (Å²) >= 11 is 1.78. The molecule has 27 heavy (non-hydrogen) atoms. The van der Waals surface area contributed by atoms with E-state index >= 15 is 0 Å². The molecule has 1 aromatic heterocycles. The Morgan fingerprint density at radius 2 is 2.07 bits per heavy atom. The number of imidazole rings is 1. The van der Waals surface area contributed by atoms with E-state index in [1.54, 1.807) is 11.8 Å². The van der Waals surface area contributed by atoms with Gasteiger partial charge in [-0.3, -0.25) is 4.79 Å². The van der Waals surface area contributed by atoms with Gasteiger partial charge in [0.15, 0.2) is 0 Å². The number of para-hydroxylation sites is 2. The molecule has 1 aliphatic carbocycles. The van der Waals surface area contributed by atoms with E-state index in [9.17, 15) is 4.79 Å². The monoisotopic (exact) mass is 379 g/mol. The summed E-state index contributed by atoms with van der Waals surface area (Å²) in [6, 6.07) is 14.4. The number of rotatable bonds is 7. The van der Waals surface area contributed by atoms with Crippen molar-refractivity contribution in [3.8, 4) is 0 Å². The number of hydrogen-bond acceptors (Lipinski definition) is 3. The van der Waals surface area contributed by atoms with Crippen LogP contribution >= 0.6 is 11.8 Å². The van der Waals surface area contributed by atoms with Gasteiger partial charge in [0, 0.05) is 0 Å². The van der Waals surface area contributed by atoms with E-state index < -0.39 is 0 Å². The second kappa shape index (κ2) is 8.17. The third kappa shape index (κ3) is 4.19. The van der Waals surface area contributed by atoms with E-state index in [-0.39, 0.29) is 11.9 Å². The molecule has 0 aliphatic heterocycles. The van der Waals surface area contributed by atoms with Crippen molar-refractivity contribution >= 4 is 28.7 Å². The number of nitrogens with zero attached hydrogens (tertiary/aromatic N) is 1. The average Bonchev–Trinajstić information content (AvgIpc) is 3.31. The molecular weight excluding hydrogens is 354 g/mol. The Morgan fingerprint density at radius 1 is 1.22 bits per heavy atom. The van der Waals surface area contributed by atoms with Crippen molar-refractivity contribution in [3.05, 3.63) is 65.0 Å². The zero-order valence-electron chi connectivity index (χ0n) is 15.6. The van der Waals surface area contributed by atoms with Gasteiger partial charge < -0.3 is 10.3 Å². The van der Waals surface area contributed by atoms with Gasteiger partial charge in [0.25, 0.3) is 0 Å². The molecule has 0 fully saturated rings. The molecule has 0 radical (unpaired) electrons. The molecule has 1 amide bonds. The van der Waals surface area contributed by atoms with E-state index in [0.717, 1.165) is 41.0 Å². The van der Waals surface area contributed by atoms with Crippen LogP contribution in [0.4, 0.5) is 0 Å². The van der Waals surface area contributed by atoms with Crippen LogP contribution < -0.4 is 5.32 Å². The van der Waals surface area contributed by atoms with Gasteiger partial charge in [-0.25, -0.2) is 4.98 Å². The van der Waals surface area contributed by atoms with Crippen LogP contribution in [-0.2, 0) is 24.1 Å². The Morgan fingerprint density at radius 3 is 2.93 bits per heavy atom. The van der Waals surface area contributed by atoms with Gasteiger partial charge in [0.05, 0.1) is 23.5 Å². The van der Waals surface area contributed by atoms with Gasteiger partial charge >= 0.3 is 0 Å². The number of carbonyl (C=O) groups excluding carboxylic acids is 1. The molecular formula is C22H25N3OS. The molecule has 2 aromatic carbocycles. The summed E-state index contributed by atoms with van der Waals surface area (Å²) in [6.07, 6.45) is 6.90. The highest BCUT2D eigenvalue weighted by molar-refractivity contribution is 7.98. The molecule has 5 heteroatoms. The zero-order valence-corrected chi connectivity index (χ0v) is 16.4. The fourth-order valence-electron chi connectivity index (χ4n) is 3.82. The Hall–Kier alpha value is -2.27. The molecule has 4 nitrogen and oxygen atoms in total. The highest BCUT2D eigenvalue weighted by atomic mass is 32.2. The number of carbonyl (C=O) groups is 1. The molecule has 2 N–H and O–H groups in total. The predicted molar refractivity (Wildman–Crippen MR) is 112 cm³/mol. The molecule has 1 atom stereocenters. The number of H-pyrrole nitrogens is 1. The predicted octanol–water partition coefficient (Wildman–Crippen LogP) is 4.20. The summed E-state index contributed by atoms with van der Waals surface area (Å²) in [4.78, 5) is 20.8. The van der Waals surface area contributed by atoms with Crippen molar-refractivity contribution in [1.82, 2.24) is 15.3 Å². The summed E-state index contributed by atoms with van der Waals surface area (Å²) in [5.74, 6) is 1.87. The highest BCUT2D eigenvalue weighted by Crippen LogP contribution is 2.24. The lowest BCUT2D eigenvalue weighted by molar-refractivity contribution is -0.121. The molecule has 140 valence electrons. The quantitative estimate of drug-likeness (QED) is 0.647. The number of aryl methyl sites for hydroxylation is 2.